The topological polar surface area (TPSA) is 95.3 Å². The fourth-order valence-electron chi connectivity index (χ4n) is 3.43. The van der Waals surface area contributed by atoms with Crippen molar-refractivity contribution in [3.8, 4) is 11.6 Å². The Morgan fingerprint density at radius 1 is 1.12 bits per heavy atom. The maximum absolute atomic E-state index is 12.7. The molecule has 8 nitrogen and oxygen atoms in total. The predicted molar refractivity (Wildman–Crippen MR) is 130 cm³/mol. The van der Waals surface area contributed by atoms with Crippen LogP contribution in [-0.2, 0) is 9.53 Å². The third-order valence-electron chi connectivity index (χ3n) is 5.06. The van der Waals surface area contributed by atoms with Crippen molar-refractivity contribution in [2.45, 2.75) is 20.3 Å². The third kappa shape index (κ3) is 5.18. The Morgan fingerprint density at radius 2 is 1.88 bits per heavy atom. The monoisotopic (exact) mass is 478 g/mol. The van der Waals surface area contributed by atoms with Crippen LogP contribution in [-0.4, -0.2) is 39.9 Å². The zero-order chi connectivity index (χ0) is 24.1. The van der Waals surface area contributed by atoms with Crippen LogP contribution in [0, 0.1) is 6.92 Å². The van der Waals surface area contributed by atoms with Gasteiger partial charge >= 0.3 is 5.97 Å². The van der Waals surface area contributed by atoms with E-state index in [2.05, 4.69) is 15.4 Å². The molecule has 0 unspecified atom stereocenters. The van der Waals surface area contributed by atoms with Gasteiger partial charge in [-0.3, -0.25) is 4.79 Å². The van der Waals surface area contributed by atoms with Gasteiger partial charge in [0.25, 0.3) is 0 Å². The molecule has 2 heterocycles. The lowest BCUT2D eigenvalue weighted by atomic mass is 10.1. The number of fused-ring (bicyclic) bond motifs is 1. The first-order valence-electron chi connectivity index (χ1n) is 10.8. The minimum atomic E-state index is -0.584. The quantitative estimate of drug-likeness (QED) is 0.359. The van der Waals surface area contributed by atoms with Crippen LogP contribution in [0.1, 0.15) is 29.3 Å². The summed E-state index contributed by atoms with van der Waals surface area (Å²) in [5.41, 5.74) is 1.91. The number of nitrogens with one attached hydrogen (secondary N) is 1. The molecule has 174 valence electrons. The fourth-order valence-corrected chi connectivity index (χ4v) is 3.55. The van der Waals surface area contributed by atoms with Crippen molar-refractivity contribution >= 4 is 40.2 Å². The Hall–Kier alpha value is -3.91. The van der Waals surface area contributed by atoms with Gasteiger partial charge in [-0.25, -0.2) is 9.78 Å². The molecule has 1 amide bonds. The molecule has 4 rings (SSSR count). The van der Waals surface area contributed by atoms with Crippen molar-refractivity contribution in [2.75, 3.05) is 18.5 Å². The predicted octanol–water partition coefficient (Wildman–Crippen LogP) is 4.97. The molecule has 4 aromatic rings. The lowest BCUT2D eigenvalue weighted by Gasteiger charge is -2.12. The summed E-state index contributed by atoms with van der Waals surface area (Å²) in [6.45, 7) is 4.02. The number of carbonyl (C=O) groups is 2. The molecule has 9 heteroatoms. The van der Waals surface area contributed by atoms with Gasteiger partial charge in [0.1, 0.15) is 11.3 Å². The number of aryl methyl sites for hydroxylation is 1. The fraction of sp³-hybridized carbons (Fsp3) is 0.200. The van der Waals surface area contributed by atoms with E-state index in [9.17, 15) is 9.59 Å². The molecule has 2 aromatic heterocycles. The van der Waals surface area contributed by atoms with Crippen molar-refractivity contribution in [3.05, 3.63) is 76.9 Å². The van der Waals surface area contributed by atoms with E-state index < -0.39 is 5.97 Å². The van der Waals surface area contributed by atoms with Gasteiger partial charge in [0.2, 0.25) is 5.91 Å². The van der Waals surface area contributed by atoms with Crippen LogP contribution >= 0.6 is 11.6 Å². The van der Waals surface area contributed by atoms with Gasteiger partial charge in [0.05, 0.1) is 31.3 Å². The number of rotatable bonds is 8. The molecular weight excluding hydrogens is 456 g/mol. The SMILES string of the molecule is CCOC(=O)c1cnn(-c2cc(C)c3ccccc3n2)c1NC(=O)CCOc1ccc(Cl)cc1. The highest BCUT2D eigenvalue weighted by Gasteiger charge is 2.22. The third-order valence-corrected chi connectivity index (χ3v) is 5.31. The minimum absolute atomic E-state index is 0.0558. The number of carbonyl (C=O) groups excluding carboxylic acids is 2. The summed E-state index contributed by atoms with van der Waals surface area (Å²) < 4.78 is 12.2. The second kappa shape index (κ2) is 10.4. The Morgan fingerprint density at radius 3 is 2.65 bits per heavy atom. The number of pyridine rings is 1. The van der Waals surface area contributed by atoms with E-state index in [1.54, 1.807) is 31.2 Å². The van der Waals surface area contributed by atoms with Crippen molar-refractivity contribution < 1.29 is 19.1 Å². The molecule has 0 saturated carbocycles. The van der Waals surface area contributed by atoms with Gasteiger partial charge in [-0.1, -0.05) is 29.8 Å². The maximum Gasteiger partial charge on any atom is 0.343 e. The average Bonchev–Trinajstić information content (AvgIpc) is 3.24. The molecule has 0 atom stereocenters. The number of para-hydroxylation sites is 1. The second-order valence-electron chi connectivity index (χ2n) is 7.45. The number of halogens is 1. The number of anilines is 1. The number of esters is 1. The van der Waals surface area contributed by atoms with E-state index in [1.807, 2.05) is 37.3 Å². The van der Waals surface area contributed by atoms with Gasteiger partial charge in [-0.2, -0.15) is 9.78 Å². The molecular formula is C25H23ClN4O4. The molecule has 0 aliphatic rings. The van der Waals surface area contributed by atoms with E-state index in [0.29, 0.717) is 16.6 Å². The lowest BCUT2D eigenvalue weighted by molar-refractivity contribution is -0.116. The molecule has 0 radical (unpaired) electrons. The Balaban J connectivity index is 1.58. The molecule has 0 aliphatic carbocycles. The van der Waals surface area contributed by atoms with Crippen LogP contribution < -0.4 is 10.1 Å². The summed E-state index contributed by atoms with van der Waals surface area (Å²) in [5.74, 6) is 0.333. The maximum atomic E-state index is 12.7. The van der Waals surface area contributed by atoms with Crippen LogP contribution in [0.25, 0.3) is 16.7 Å². The van der Waals surface area contributed by atoms with Crippen LogP contribution in [0.2, 0.25) is 5.02 Å². The summed E-state index contributed by atoms with van der Waals surface area (Å²) in [6.07, 6.45) is 1.42. The molecule has 0 saturated heterocycles. The molecule has 0 fully saturated rings. The van der Waals surface area contributed by atoms with Gasteiger partial charge in [-0.15, -0.1) is 0 Å². The highest BCUT2D eigenvalue weighted by molar-refractivity contribution is 6.30. The number of ether oxygens (including phenoxy) is 2. The van der Waals surface area contributed by atoms with Gasteiger partial charge in [-0.05, 0) is 55.8 Å². The number of benzene rings is 2. The smallest absolute Gasteiger partial charge is 0.343 e. The molecule has 0 aliphatic heterocycles. The van der Waals surface area contributed by atoms with Crippen LogP contribution in [0.3, 0.4) is 0 Å². The van der Waals surface area contributed by atoms with Gasteiger partial charge in [0, 0.05) is 10.4 Å². The normalized spacial score (nSPS) is 10.8. The first-order chi connectivity index (χ1) is 16.5. The standard InChI is InChI=1S/C25H23ClN4O4/c1-3-33-25(32)20-15-27-30(22-14-16(2)19-6-4-5-7-21(19)28-22)24(20)29-23(31)12-13-34-18-10-8-17(26)9-11-18/h4-11,14-15H,3,12-13H2,1-2H3,(H,29,31). The molecule has 1 N–H and O–H groups in total. The Bertz CT molecular complexity index is 1330. The number of nitrogens with zero attached hydrogens (tertiary/aromatic N) is 3. The van der Waals surface area contributed by atoms with Crippen molar-refractivity contribution in [2.24, 2.45) is 0 Å². The van der Waals surface area contributed by atoms with Gasteiger partial charge in [0.15, 0.2) is 11.6 Å². The number of hydrogen-bond donors (Lipinski definition) is 1. The van der Waals surface area contributed by atoms with Crippen LogP contribution in [0.15, 0.2) is 60.8 Å². The lowest BCUT2D eigenvalue weighted by Crippen LogP contribution is -2.20. The van der Waals surface area contributed by atoms with Crippen molar-refractivity contribution in [1.82, 2.24) is 14.8 Å². The first kappa shape index (κ1) is 23.3. The van der Waals surface area contributed by atoms with E-state index in [-0.39, 0.29) is 36.9 Å². The van der Waals surface area contributed by atoms with E-state index in [0.717, 1.165) is 16.5 Å². The number of aromatic nitrogens is 3. The summed E-state index contributed by atoms with van der Waals surface area (Å²) in [7, 11) is 0. The van der Waals surface area contributed by atoms with Crippen LogP contribution in [0.4, 0.5) is 5.82 Å². The second-order valence-corrected chi connectivity index (χ2v) is 7.89. The first-order valence-corrected chi connectivity index (χ1v) is 11.1. The molecule has 34 heavy (non-hydrogen) atoms. The zero-order valence-electron chi connectivity index (χ0n) is 18.7. The van der Waals surface area contributed by atoms with E-state index in [4.69, 9.17) is 21.1 Å². The highest BCUT2D eigenvalue weighted by Crippen LogP contribution is 2.25. The molecule has 0 spiro atoms. The number of hydrogen-bond acceptors (Lipinski definition) is 6. The van der Waals surface area contributed by atoms with Gasteiger partial charge < -0.3 is 14.8 Å². The average molecular weight is 479 g/mol. The zero-order valence-corrected chi connectivity index (χ0v) is 19.5. The van der Waals surface area contributed by atoms with Crippen molar-refractivity contribution in [1.29, 1.82) is 0 Å². The summed E-state index contributed by atoms with van der Waals surface area (Å²) >= 11 is 5.87. The van der Waals surface area contributed by atoms with Crippen molar-refractivity contribution in [3.63, 3.8) is 0 Å². The minimum Gasteiger partial charge on any atom is -0.493 e. The highest BCUT2D eigenvalue weighted by atomic mass is 35.5. The summed E-state index contributed by atoms with van der Waals surface area (Å²) in [4.78, 5) is 29.9. The Labute approximate surface area is 201 Å². The largest absolute Gasteiger partial charge is 0.493 e. The summed E-state index contributed by atoms with van der Waals surface area (Å²) in [6, 6.07) is 16.4. The van der Waals surface area contributed by atoms with E-state index in [1.165, 1.54) is 10.9 Å². The van der Waals surface area contributed by atoms with E-state index >= 15 is 0 Å². The van der Waals surface area contributed by atoms with Crippen LogP contribution in [0.5, 0.6) is 5.75 Å². The Kier molecular flexibility index (Phi) is 7.08. The number of amides is 1. The molecule has 2 aromatic carbocycles. The summed E-state index contributed by atoms with van der Waals surface area (Å²) in [5, 5.41) is 8.71. The molecule has 0 bridgehead atoms.